The number of aliphatic imine (C=N–C) groups is 1. The van der Waals surface area contributed by atoms with Crippen molar-refractivity contribution in [2.45, 2.75) is 44.9 Å². The maximum atomic E-state index is 14.3. The van der Waals surface area contributed by atoms with Crippen LogP contribution in [0.15, 0.2) is 41.4 Å². The zero-order chi connectivity index (χ0) is 17.8. The fraction of sp³-hybridized carbons (Fsp3) is 0.381. The molecule has 1 aliphatic rings. The highest BCUT2D eigenvalue weighted by atomic mass is 32.1. The minimum atomic E-state index is -0.601. The summed E-state index contributed by atoms with van der Waals surface area (Å²) < 4.78 is 28.3. The second-order valence-electron chi connectivity index (χ2n) is 6.73. The Kier molecular flexibility index (Phi) is 5.72. The summed E-state index contributed by atoms with van der Waals surface area (Å²) in [6.07, 6.45) is 6.26. The molecule has 0 heterocycles. The Hall–Kier alpha value is -1.90. The van der Waals surface area contributed by atoms with E-state index in [1.807, 2.05) is 24.3 Å². The van der Waals surface area contributed by atoms with Crippen LogP contribution in [0.1, 0.15) is 50.5 Å². The molecule has 0 aliphatic heterocycles. The summed E-state index contributed by atoms with van der Waals surface area (Å²) in [5.74, 6) is 0.330. The average Bonchev–Trinajstić information content (AvgIpc) is 2.65. The van der Waals surface area contributed by atoms with E-state index >= 15 is 0 Å². The summed E-state index contributed by atoms with van der Waals surface area (Å²) in [5.41, 5.74) is 2.07. The highest BCUT2D eigenvalue weighted by Gasteiger charge is 2.21. The monoisotopic (exact) mass is 357 g/mol. The van der Waals surface area contributed by atoms with Crippen LogP contribution in [0.3, 0.4) is 0 Å². The minimum absolute atomic E-state index is 0.124. The van der Waals surface area contributed by atoms with E-state index in [2.05, 4.69) is 29.3 Å². The maximum Gasteiger partial charge on any atom is 0.150 e. The number of hydrogen-bond donors (Lipinski definition) is 0. The zero-order valence-electron chi connectivity index (χ0n) is 14.3. The van der Waals surface area contributed by atoms with Crippen LogP contribution in [-0.2, 0) is 0 Å². The molecule has 0 atom stereocenters. The van der Waals surface area contributed by atoms with Gasteiger partial charge in [0.05, 0.1) is 5.16 Å². The lowest BCUT2D eigenvalue weighted by molar-refractivity contribution is 0.319. The van der Waals surface area contributed by atoms with Gasteiger partial charge in [0.15, 0.2) is 0 Å². The summed E-state index contributed by atoms with van der Waals surface area (Å²) in [6.45, 7) is 2.26. The van der Waals surface area contributed by atoms with Crippen LogP contribution in [-0.4, -0.2) is 5.16 Å². The van der Waals surface area contributed by atoms with Crippen molar-refractivity contribution in [1.82, 2.24) is 0 Å². The van der Waals surface area contributed by atoms with Crippen LogP contribution < -0.4 is 0 Å². The lowest BCUT2D eigenvalue weighted by atomic mass is 9.77. The third-order valence-corrected chi connectivity index (χ3v) is 5.41. The molecule has 130 valence electrons. The van der Waals surface area contributed by atoms with Crippen molar-refractivity contribution in [2.75, 3.05) is 0 Å². The molecule has 0 saturated heterocycles. The van der Waals surface area contributed by atoms with Gasteiger partial charge >= 0.3 is 0 Å². The van der Waals surface area contributed by atoms with Crippen molar-refractivity contribution in [3.63, 3.8) is 0 Å². The summed E-state index contributed by atoms with van der Waals surface area (Å²) in [4.78, 5) is 3.54. The van der Waals surface area contributed by atoms with E-state index in [0.717, 1.165) is 12.0 Å². The zero-order valence-corrected chi connectivity index (χ0v) is 15.1. The molecule has 1 saturated carbocycles. The van der Waals surface area contributed by atoms with E-state index in [9.17, 15) is 8.78 Å². The Balaban J connectivity index is 1.81. The van der Waals surface area contributed by atoms with E-state index in [1.165, 1.54) is 43.7 Å². The van der Waals surface area contributed by atoms with E-state index in [4.69, 9.17) is 0 Å². The molecule has 3 rings (SSSR count). The van der Waals surface area contributed by atoms with Gasteiger partial charge in [-0.1, -0.05) is 37.6 Å². The predicted molar refractivity (Wildman–Crippen MR) is 101 cm³/mol. The smallest absolute Gasteiger partial charge is 0.150 e. The molecule has 0 N–H and O–H groups in total. The Labute approximate surface area is 152 Å². The van der Waals surface area contributed by atoms with Gasteiger partial charge in [0, 0.05) is 11.6 Å². The largest absolute Gasteiger partial charge is 0.206 e. The van der Waals surface area contributed by atoms with Gasteiger partial charge in [-0.05, 0) is 66.9 Å². The van der Waals surface area contributed by atoms with Gasteiger partial charge in [-0.3, -0.25) is 0 Å². The number of rotatable bonds is 4. The molecule has 0 spiro atoms. The lowest BCUT2D eigenvalue weighted by Gasteiger charge is -2.28. The summed E-state index contributed by atoms with van der Waals surface area (Å²) in [5, 5.41) is 2.06. The fourth-order valence-corrected chi connectivity index (χ4v) is 3.83. The van der Waals surface area contributed by atoms with Crippen molar-refractivity contribution in [3.05, 3.63) is 53.6 Å². The molecule has 4 heteroatoms. The third-order valence-electron chi connectivity index (χ3n) is 5.32. The van der Waals surface area contributed by atoms with Crippen LogP contribution in [0.25, 0.3) is 11.1 Å². The molecule has 2 aromatic rings. The molecule has 0 radical (unpaired) electrons. The van der Waals surface area contributed by atoms with Gasteiger partial charge in [0.1, 0.15) is 17.3 Å². The number of thiocarbonyl (C=S) groups is 1. The van der Waals surface area contributed by atoms with Gasteiger partial charge < -0.3 is 0 Å². The molecule has 0 unspecified atom stereocenters. The van der Waals surface area contributed by atoms with Crippen molar-refractivity contribution < 1.29 is 8.78 Å². The van der Waals surface area contributed by atoms with E-state index in [-0.39, 0.29) is 11.3 Å². The average molecular weight is 357 g/mol. The number of halogens is 2. The normalized spacial score (nSPS) is 20.1. The number of nitrogens with zero attached hydrogens (tertiary/aromatic N) is 1. The molecular weight excluding hydrogens is 336 g/mol. The van der Waals surface area contributed by atoms with Crippen LogP contribution in [0, 0.1) is 17.6 Å². The van der Waals surface area contributed by atoms with Crippen molar-refractivity contribution >= 4 is 23.1 Å². The first-order valence-electron chi connectivity index (χ1n) is 8.79. The first kappa shape index (κ1) is 17.9. The van der Waals surface area contributed by atoms with Crippen LogP contribution >= 0.6 is 12.2 Å². The lowest BCUT2D eigenvalue weighted by Crippen LogP contribution is -2.12. The molecule has 1 aliphatic carbocycles. The molecule has 0 amide bonds. The third kappa shape index (κ3) is 4.02. The molecule has 1 nitrogen and oxygen atoms in total. The first-order valence-corrected chi connectivity index (χ1v) is 9.20. The van der Waals surface area contributed by atoms with Gasteiger partial charge in [-0.25, -0.2) is 8.78 Å². The Morgan fingerprint density at radius 3 is 2.32 bits per heavy atom. The van der Waals surface area contributed by atoms with Crippen LogP contribution in [0.2, 0.25) is 0 Å². The first-order chi connectivity index (χ1) is 12.1. The number of benzene rings is 2. The molecule has 0 bridgehead atoms. The standard InChI is InChI=1S/C21H21F2NS/c1-2-14-3-5-15(6-4-14)16-7-9-17(10-8-16)18-11-20(23)21(24-13-25)12-19(18)22/h7-12,14-15H,2-6H2,1H3. The summed E-state index contributed by atoms with van der Waals surface area (Å²) in [6, 6.07) is 10.1. The molecule has 0 aromatic heterocycles. The maximum absolute atomic E-state index is 14.3. The Morgan fingerprint density at radius 1 is 1.04 bits per heavy atom. The number of isothiocyanates is 1. The van der Waals surface area contributed by atoms with Gasteiger partial charge in [0.2, 0.25) is 0 Å². The molecule has 25 heavy (non-hydrogen) atoms. The quantitative estimate of drug-likeness (QED) is 0.422. The van der Waals surface area contributed by atoms with Crippen molar-refractivity contribution in [2.24, 2.45) is 10.9 Å². The number of hydrogen-bond acceptors (Lipinski definition) is 2. The topological polar surface area (TPSA) is 12.4 Å². The second-order valence-corrected chi connectivity index (χ2v) is 6.92. The van der Waals surface area contributed by atoms with Gasteiger partial charge in [-0.2, -0.15) is 4.99 Å². The van der Waals surface area contributed by atoms with Gasteiger partial charge in [0.25, 0.3) is 0 Å². The Morgan fingerprint density at radius 2 is 1.72 bits per heavy atom. The van der Waals surface area contributed by atoms with Crippen LogP contribution in [0.4, 0.5) is 14.5 Å². The van der Waals surface area contributed by atoms with Crippen LogP contribution in [0.5, 0.6) is 0 Å². The highest BCUT2D eigenvalue weighted by molar-refractivity contribution is 7.78. The SMILES string of the molecule is CCC1CCC(c2ccc(-c3cc(F)c(N=C=S)cc3F)cc2)CC1. The predicted octanol–water partition coefficient (Wildman–Crippen LogP) is 7.05. The van der Waals surface area contributed by atoms with E-state index in [0.29, 0.717) is 11.5 Å². The van der Waals surface area contributed by atoms with Crippen molar-refractivity contribution in [3.8, 4) is 11.1 Å². The fourth-order valence-electron chi connectivity index (χ4n) is 3.73. The Bertz CT molecular complexity index is 786. The van der Waals surface area contributed by atoms with E-state index < -0.39 is 11.6 Å². The van der Waals surface area contributed by atoms with Crippen molar-refractivity contribution in [1.29, 1.82) is 0 Å². The second kappa shape index (κ2) is 7.99. The van der Waals surface area contributed by atoms with Gasteiger partial charge in [-0.15, -0.1) is 0 Å². The minimum Gasteiger partial charge on any atom is -0.206 e. The summed E-state index contributed by atoms with van der Waals surface area (Å²) >= 11 is 4.45. The molecule has 2 aromatic carbocycles. The summed E-state index contributed by atoms with van der Waals surface area (Å²) in [7, 11) is 0. The van der Waals surface area contributed by atoms with E-state index in [1.54, 1.807) is 0 Å². The molecule has 1 fully saturated rings. The molecular formula is C21H21F2NS. The highest BCUT2D eigenvalue weighted by Crippen LogP contribution is 2.38.